The maximum atomic E-state index is 12.0. The van der Waals surface area contributed by atoms with Crippen molar-refractivity contribution in [2.24, 2.45) is 0 Å². The van der Waals surface area contributed by atoms with E-state index in [9.17, 15) is 16.8 Å². The number of sulfonamides is 1. The van der Waals surface area contributed by atoms with Gasteiger partial charge in [-0.1, -0.05) is 11.6 Å². The van der Waals surface area contributed by atoms with Crippen LogP contribution in [0.3, 0.4) is 0 Å². The summed E-state index contributed by atoms with van der Waals surface area (Å²) in [5, 5.41) is 8.74. The number of halogens is 1. The lowest BCUT2D eigenvalue weighted by Crippen LogP contribution is -2.37. The molecule has 1 aromatic carbocycles. The largest absolute Gasteiger partial charge is 0.240 e. The molecule has 0 aromatic heterocycles. The first kappa shape index (κ1) is 16.9. The van der Waals surface area contributed by atoms with Gasteiger partial charge in [-0.25, -0.2) is 21.6 Å². The van der Waals surface area contributed by atoms with Crippen LogP contribution in [0.1, 0.15) is 12.5 Å². The van der Waals surface area contributed by atoms with Crippen LogP contribution in [0.5, 0.6) is 0 Å². The molecule has 1 aromatic rings. The number of hydrogen-bond donors (Lipinski definition) is 1. The predicted molar refractivity (Wildman–Crippen MR) is 75.7 cm³/mol. The van der Waals surface area contributed by atoms with E-state index in [0.717, 1.165) is 12.3 Å². The zero-order valence-corrected chi connectivity index (χ0v) is 13.2. The molecule has 0 aliphatic heterocycles. The predicted octanol–water partition coefficient (Wildman–Crippen LogP) is 0.923. The molecule has 6 nitrogen and oxygen atoms in total. The van der Waals surface area contributed by atoms with Gasteiger partial charge in [-0.3, -0.25) is 0 Å². The second-order valence-corrected chi connectivity index (χ2v) is 8.67. The summed E-state index contributed by atoms with van der Waals surface area (Å²) in [5.74, 6) is -0.309. The summed E-state index contributed by atoms with van der Waals surface area (Å²) in [7, 11) is -7.18. The van der Waals surface area contributed by atoms with Crippen molar-refractivity contribution in [2.45, 2.75) is 17.9 Å². The van der Waals surface area contributed by atoms with Gasteiger partial charge < -0.3 is 0 Å². The highest BCUT2D eigenvalue weighted by Crippen LogP contribution is 2.20. The molecule has 1 unspecified atom stereocenters. The minimum absolute atomic E-state index is 0.0196. The van der Waals surface area contributed by atoms with E-state index < -0.39 is 25.9 Å². The second-order valence-electron chi connectivity index (χ2n) is 4.37. The first-order valence-electron chi connectivity index (χ1n) is 5.45. The zero-order valence-electron chi connectivity index (χ0n) is 10.8. The van der Waals surface area contributed by atoms with Gasteiger partial charge in [0.05, 0.1) is 21.2 Å². The van der Waals surface area contributed by atoms with Crippen molar-refractivity contribution in [2.75, 3.05) is 12.0 Å². The Labute approximate surface area is 123 Å². The molecule has 1 N–H and O–H groups in total. The third kappa shape index (κ3) is 4.76. The van der Waals surface area contributed by atoms with Gasteiger partial charge in [0.15, 0.2) is 0 Å². The molecule has 0 radical (unpaired) electrons. The third-order valence-electron chi connectivity index (χ3n) is 2.28. The Balaban J connectivity index is 3.01. The number of nitrogens with one attached hydrogen (secondary N) is 1. The topological polar surface area (TPSA) is 104 Å². The third-order valence-corrected chi connectivity index (χ3v) is 5.29. The molecule has 0 aliphatic carbocycles. The van der Waals surface area contributed by atoms with Gasteiger partial charge in [0.25, 0.3) is 0 Å². The van der Waals surface area contributed by atoms with Crippen molar-refractivity contribution in [3.05, 3.63) is 28.8 Å². The quantitative estimate of drug-likeness (QED) is 0.861. The van der Waals surface area contributed by atoms with Crippen LogP contribution < -0.4 is 4.72 Å². The maximum Gasteiger partial charge on any atom is 0.240 e. The van der Waals surface area contributed by atoms with E-state index in [1.807, 2.05) is 6.07 Å². The molecule has 1 rings (SSSR count). The van der Waals surface area contributed by atoms with E-state index in [2.05, 4.69) is 4.72 Å². The molecule has 1 atom stereocenters. The molecule has 0 bridgehead atoms. The number of sulfone groups is 1. The number of benzene rings is 1. The van der Waals surface area contributed by atoms with Gasteiger partial charge in [-0.2, -0.15) is 5.26 Å². The van der Waals surface area contributed by atoms with E-state index >= 15 is 0 Å². The number of nitrogens with zero attached hydrogens (tertiary/aromatic N) is 1. The minimum Gasteiger partial charge on any atom is -0.229 e. The minimum atomic E-state index is -3.89. The van der Waals surface area contributed by atoms with E-state index in [4.69, 9.17) is 16.9 Å². The first-order chi connectivity index (χ1) is 9.05. The van der Waals surface area contributed by atoms with Crippen LogP contribution in [0, 0.1) is 11.3 Å². The lowest BCUT2D eigenvalue weighted by atomic mass is 10.2. The zero-order chi connectivity index (χ0) is 15.6. The maximum absolute atomic E-state index is 12.0. The molecular formula is C11H13ClN2O4S2. The van der Waals surface area contributed by atoms with Crippen LogP contribution in [0.4, 0.5) is 0 Å². The van der Waals surface area contributed by atoms with Crippen LogP contribution in [0.25, 0.3) is 0 Å². The smallest absolute Gasteiger partial charge is 0.229 e. The molecule has 0 saturated carbocycles. The normalized spacial score (nSPS) is 13.7. The Kier molecular flexibility index (Phi) is 5.15. The van der Waals surface area contributed by atoms with Crippen LogP contribution >= 0.6 is 11.6 Å². The van der Waals surface area contributed by atoms with Crippen LogP contribution in [0.2, 0.25) is 5.02 Å². The summed E-state index contributed by atoms with van der Waals surface area (Å²) >= 11 is 5.77. The lowest BCUT2D eigenvalue weighted by Gasteiger charge is -2.13. The van der Waals surface area contributed by atoms with Crippen molar-refractivity contribution >= 4 is 31.5 Å². The van der Waals surface area contributed by atoms with Crippen molar-refractivity contribution in [1.29, 1.82) is 5.26 Å². The number of nitriles is 1. The molecule has 9 heteroatoms. The van der Waals surface area contributed by atoms with Crippen molar-refractivity contribution in [3.63, 3.8) is 0 Å². The van der Waals surface area contributed by atoms with Gasteiger partial charge in [-0.05, 0) is 25.1 Å². The summed E-state index contributed by atoms with van der Waals surface area (Å²) < 4.78 is 48.5. The average Bonchev–Trinajstić information content (AvgIpc) is 2.25. The van der Waals surface area contributed by atoms with Crippen LogP contribution in [-0.4, -0.2) is 34.9 Å². The Bertz CT molecular complexity index is 751. The number of hydrogen-bond acceptors (Lipinski definition) is 5. The Morgan fingerprint density at radius 2 is 1.95 bits per heavy atom. The van der Waals surface area contributed by atoms with Crippen molar-refractivity contribution < 1.29 is 16.8 Å². The fourth-order valence-corrected chi connectivity index (χ4v) is 4.23. The Morgan fingerprint density at radius 1 is 1.35 bits per heavy atom. The highest BCUT2D eigenvalue weighted by molar-refractivity contribution is 7.91. The molecule has 0 aliphatic rings. The van der Waals surface area contributed by atoms with Gasteiger partial charge in [-0.15, -0.1) is 0 Å². The summed E-state index contributed by atoms with van der Waals surface area (Å²) in [6, 6.07) is 4.72. The van der Waals surface area contributed by atoms with Gasteiger partial charge in [0.1, 0.15) is 15.9 Å². The van der Waals surface area contributed by atoms with Crippen LogP contribution in [-0.2, 0) is 19.9 Å². The van der Waals surface area contributed by atoms with E-state index in [1.54, 1.807) is 0 Å². The molecule has 0 saturated heterocycles. The highest BCUT2D eigenvalue weighted by atomic mass is 35.5. The van der Waals surface area contributed by atoms with E-state index in [1.165, 1.54) is 19.1 Å². The summed E-state index contributed by atoms with van der Waals surface area (Å²) in [6.07, 6.45) is 1.02. The summed E-state index contributed by atoms with van der Waals surface area (Å²) in [5.41, 5.74) is 0.162. The standard InChI is InChI=1S/C11H13ClN2O4S2/c1-8(7-19(2,15)16)14-20(17,18)10-4-3-9(6-13)11(12)5-10/h3-5,8,14H,7H2,1-2H3. The molecule has 0 spiro atoms. The monoisotopic (exact) mass is 336 g/mol. The molecule has 0 amide bonds. The molecule has 0 fully saturated rings. The van der Waals surface area contributed by atoms with Crippen molar-refractivity contribution in [3.8, 4) is 6.07 Å². The van der Waals surface area contributed by atoms with Gasteiger partial charge >= 0.3 is 0 Å². The van der Waals surface area contributed by atoms with E-state index in [0.29, 0.717) is 0 Å². The van der Waals surface area contributed by atoms with Crippen LogP contribution in [0.15, 0.2) is 23.1 Å². The molecule has 20 heavy (non-hydrogen) atoms. The second kappa shape index (κ2) is 6.10. The summed E-state index contributed by atoms with van der Waals surface area (Å²) in [4.78, 5) is -0.123. The molecule has 110 valence electrons. The Hall–Kier alpha value is -1.14. The SMILES string of the molecule is CC(CS(C)(=O)=O)NS(=O)(=O)c1ccc(C#N)c(Cl)c1. The highest BCUT2D eigenvalue weighted by Gasteiger charge is 2.20. The Morgan fingerprint density at radius 3 is 2.40 bits per heavy atom. The molecule has 0 heterocycles. The number of rotatable bonds is 5. The average molecular weight is 337 g/mol. The summed E-state index contributed by atoms with van der Waals surface area (Å²) in [6.45, 7) is 1.45. The fraction of sp³-hybridized carbons (Fsp3) is 0.364. The van der Waals surface area contributed by atoms with Gasteiger partial charge in [0.2, 0.25) is 10.0 Å². The first-order valence-corrected chi connectivity index (χ1v) is 9.37. The molecular weight excluding hydrogens is 324 g/mol. The van der Waals surface area contributed by atoms with Crippen molar-refractivity contribution in [1.82, 2.24) is 4.72 Å². The lowest BCUT2D eigenvalue weighted by molar-refractivity contribution is 0.564. The van der Waals surface area contributed by atoms with E-state index in [-0.39, 0.29) is 21.2 Å². The van der Waals surface area contributed by atoms with Gasteiger partial charge in [0, 0.05) is 12.3 Å². The fourth-order valence-electron chi connectivity index (χ4n) is 1.57.